The highest BCUT2D eigenvalue weighted by Crippen LogP contribution is 2.51. The number of nitrogens with zero attached hydrogens (tertiary/aromatic N) is 5. The van der Waals surface area contributed by atoms with E-state index in [9.17, 15) is 19.5 Å². The molecule has 0 radical (unpaired) electrons. The predicted octanol–water partition coefficient (Wildman–Crippen LogP) is 2.68. The van der Waals surface area contributed by atoms with Crippen molar-refractivity contribution in [1.82, 2.24) is 19.7 Å². The second kappa shape index (κ2) is 9.65. The van der Waals surface area contributed by atoms with Gasteiger partial charge in [-0.3, -0.25) is 14.4 Å². The van der Waals surface area contributed by atoms with Crippen LogP contribution in [0.2, 0.25) is 5.02 Å². The van der Waals surface area contributed by atoms with E-state index in [1.54, 1.807) is 14.7 Å². The summed E-state index contributed by atoms with van der Waals surface area (Å²) in [4.78, 5) is 50.6. The average Bonchev–Trinajstić information content (AvgIpc) is 3.72. The number of phenolic OH excluding ortho intramolecular Hbond substituents is 1. The number of phenols is 1. The van der Waals surface area contributed by atoms with Crippen molar-refractivity contribution in [2.45, 2.75) is 31.3 Å². The Bertz CT molecular complexity index is 1430. The zero-order valence-corrected chi connectivity index (χ0v) is 22.8. The van der Waals surface area contributed by atoms with E-state index in [1.165, 1.54) is 31.2 Å². The lowest BCUT2D eigenvalue weighted by atomic mass is 10.0. The number of ether oxygens (including phenoxy) is 1. The van der Waals surface area contributed by atoms with Crippen LogP contribution < -0.4 is 9.64 Å². The molecule has 10 nitrogen and oxygen atoms in total. The fraction of sp³-hybridized carbons (Fsp3) is 0.429. The molecular formula is C28H29ClFN5O5. The van der Waals surface area contributed by atoms with Gasteiger partial charge in [-0.2, -0.15) is 0 Å². The zero-order valence-electron chi connectivity index (χ0n) is 22.0. The largest absolute Gasteiger partial charge is 0.507 e. The molecule has 0 bridgehead atoms. The van der Waals surface area contributed by atoms with Gasteiger partial charge in [-0.1, -0.05) is 24.2 Å². The third-order valence-corrected chi connectivity index (χ3v) is 8.70. The standard InChI is InChI=1S/C28H29ClFN5O5/c1-3-20(38)32-9-11-34-17(13-32)14-40-25-22(27(34)39)26(35-12-10-33(16(2)36)15-28(35)7-8-28)31-24(23(25)29)21-18(30)5-4-6-19(21)37/h3-6,17,37H,1,7-15H2,2H3/t17-/m1/s1. The molecule has 1 N–H and O–H groups in total. The van der Waals surface area contributed by atoms with Gasteiger partial charge in [0.2, 0.25) is 11.8 Å². The Hall–Kier alpha value is -3.86. The number of anilines is 1. The second-order valence-electron chi connectivity index (χ2n) is 10.7. The minimum Gasteiger partial charge on any atom is -0.507 e. The van der Waals surface area contributed by atoms with Crippen molar-refractivity contribution in [2.24, 2.45) is 0 Å². The van der Waals surface area contributed by atoms with Crippen LogP contribution in [0.4, 0.5) is 10.2 Å². The normalized spacial score (nSPS) is 21.4. The van der Waals surface area contributed by atoms with Gasteiger partial charge in [-0.05, 0) is 31.1 Å². The van der Waals surface area contributed by atoms with Crippen molar-refractivity contribution in [1.29, 1.82) is 0 Å². The van der Waals surface area contributed by atoms with Gasteiger partial charge in [-0.25, -0.2) is 9.37 Å². The third-order valence-electron chi connectivity index (χ3n) is 8.35. The number of aromatic nitrogens is 1. The maximum atomic E-state index is 15.1. The average molecular weight is 570 g/mol. The van der Waals surface area contributed by atoms with Crippen LogP contribution in [0.15, 0.2) is 30.9 Å². The molecule has 1 atom stereocenters. The van der Waals surface area contributed by atoms with Crippen LogP contribution in [0.3, 0.4) is 0 Å². The number of hydrogen-bond acceptors (Lipinski definition) is 7. The molecule has 1 aliphatic carbocycles. The van der Waals surface area contributed by atoms with E-state index >= 15 is 4.39 Å². The Labute approximate surface area is 235 Å². The van der Waals surface area contributed by atoms with Gasteiger partial charge in [-0.15, -0.1) is 0 Å². The predicted molar refractivity (Wildman–Crippen MR) is 145 cm³/mol. The molecule has 2 aromatic rings. The fourth-order valence-electron chi connectivity index (χ4n) is 6.03. The van der Waals surface area contributed by atoms with Crippen LogP contribution in [0.25, 0.3) is 11.3 Å². The van der Waals surface area contributed by atoms with Crippen molar-refractivity contribution in [2.75, 3.05) is 50.8 Å². The van der Waals surface area contributed by atoms with Gasteiger partial charge in [0.1, 0.15) is 40.3 Å². The van der Waals surface area contributed by atoms with Gasteiger partial charge in [0.25, 0.3) is 5.91 Å². The molecular weight excluding hydrogens is 541 g/mol. The molecule has 0 unspecified atom stereocenters. The first-order valence-electron chi connectivity index (χ1n) is 13.2. The summed E-state index contributed by atoms with van der Waals surface area (Å²) < 4.78 is 21.3. The number of fused-ring (bicyclic) bond motifs is 2. The van der Waals surface area contributed by atoms with Crippen molar-refractivity contribution < 1.29 is 28.6 Å². The number of amides is 3. The summed E-state index contributed by atoms with van der Waals surface area (Å²) in [7, 11) is 0. The third kappa shape index (κ3) is 4.14. The molecule has 1 aromatic carbocycles. The molecule has 1 aromatic heterocycles. The van der Waals surface area contributed by atoms with Gasteiger partial charge in [0.15, 0.2) is 5.75 Å². The Kier molecular flexibility index (Phi) is 6.36. The molecule has 40 heavy (non-hydrogen) atoms. The Morgan fingerprint density at radius 2 is 1.95 bits per heavy atom. The van der Waals surface area contributed by atoms with Crippen molar-refractivity contribution in [3.8, 4) is 22.8 Å². The molecule has 4 heterocycles. The van der Waals surface area contributed by atoms with E-state index in [2.05, 4.69) is 6.58 Å². The number of pyridine rings is 1. The molecule has 12 heteroatoms. The Morgan fingerprint density at radius 3 is 2.62 bits per heavy atom. The zero-order chi connectivity index (χ0) is 28.3. The van der Waals surface area contributed by atoms with E-state index < -0.39 is 17.4 Å². The topological polar surface area (TPSA) is 107 Å². The second-order valence-corrected chi connectivity index (χ2v) is 11.1. The number of carbonyl (C=O) groups is 3. The summed E-state index contributed by atoms with van der Waals surface area (Å²) in [5.74, 6) is -1.33. The summed E-state index contributed by atoms with van der Waals surface area (Å²) >= 11 is 6.82. The van der Waals surface area contributed by atoms with Gasteiger partial charge >= 0.3 is 0 Å². The van der Waals surface area contributed by atoms with E-state index in [1.807, 2.05) is 4.90 Å². The molecule has 1 spiro atoms. The molecule has 3 aliphatic heterocycles. The van der Waals surface area contributed by atoms with Crippen molar-refractivity contribution in [3.63, 3.8) is 0 Å². The lowest BCUT2D eigenvalue weighted by Gasteiger charge is -2.44. The molecule has 6 rings (SSSR count). The smallest absolute Gasteiger partial charge is 0.261 e. The lowest BCUT2D eigenvalue weighted by molar-refractivity contribution is -0.130. The molecule has 4 aliphatic rings. The number of benzene rings is 1. The molecule has 3 amide bonds. The first-order valence-corrected chi connectivity index (χ1v) is 13.6. The monoisotopic (exact) mass is 569 g/mol. The number of rotatable bonds is 3. The van der Waals surface area contributed by atoms with Gasteiger partial charge in [0, 0.05) is 46.2 Å². The quantitative estimate of drug-likeness (QED) is 0.567. The Morgan fingerprint density at radius 1 is 1.20 bits per heavy atom. The maximum absolute atomic E-state index is 15.1. The van der Waals surface area contributed by atoms with Crippen LogP contribution in [0, 0.1) is 5.82 Å². The number of halogens is 2. The van der Waals surface area contributed by atoms with Gasteiger partial charge in [0.05, 0.1) is 17.1 Å². The molecule has 2 saturated heterocycles. The van der Waals surface area contributed by atoms with Gasteiger partial charge < -0.3 is 29.4 Å². The van der Waals surface area contributed by atoms with Crippen LogP contribution in [0.5, 0.6) is 11.5 Å². The summed E-state index contributed by atoms with van der Waals surface area (Å²) in [5, 5.41) is 10.5. The number of carbonyl (C=O) groups excluding carboxylic acids is 3. The van der Waals surface area contributed by atoms with E-state index in [0.717, 1.165) is 12.8 Å². The van der Waals surface area contributed by atoms with Crippen molar-refractivity contribution >= 4 is 35.1 Å². The molecule has 1 saturated carbocycles. The summed E-state index contributed by atoms with van der Waals surface area (Å²) in [5.41, 5.74) is -0.483. The van der Waals surface area contributed by atoms with Crippen LogP contribution in [-0.4, -0.2) is 100.0 Å². The molecule has 3 fully saturated rings. The highest BCUT2D eigenvalue weighted by Gasteiger charge is 2.54. The maximum Gasteiger partial charge on any atom is 0.261 e. The minimum atomic E-state index is -0.723. The van der Waals surface area contributed by atoms with Crippen LogP contribution in [0.1, 0.15) is 30.1 Å². The minimum absolute atomic E-state index is 0.0278. The Balaban J connectivity index is 1.51. The SMILES string of the molecule is C=CC(=O)N1CCN2C(=O)c3c(N4CCN(C(C)=O)CC45CC5)nc(-c4c(O)cccc4F)c(Cl)c3OC[C@H]2C1. The van der Waals surface area contributed by atoms with E-state index in [4.69, 9.17) is 21.3 Å². The van der Waals surface area contributed by atoms with Crippen LogP contribution in [-0.2, 0) is 9.59 Å². The number of aromatic hydroxyl groups is 1. The summed E-state index contributed by atoms with van der Waals surface area (Å²) in [6, 6.07) is 3.47. The fourth-order valence-corrected chi connectivity index (χ4v) is 6.32. The van der Waals surface area contributed by atoms with Crippen LogP contribution >= 0.6 is 11.6 Å². The highest BCUT2D eigenvalue weighted by atomic mass is 35.5. The lowest BCUT2D eigenvalue weighted by Crippen LogP contribution is -2.58. The van der Waals surface area contributed by atoms with Crippen molar-refractivity contribution in [3.05, 3.63) is 47.3 Å². The number of hydrogen-bond donors (Lipinski definition) is 1. The summed E-state index contributed by atoms with van der Waals surface area (Å²) in [6.07, 6.45) is 2.82. The van der Waals surface area contributed by atoms with E-state index in [-0.39, 0.29) is 76.6 Å². The summed E-state index contributed by atoms with van der Waals surface area (Å²) in [6.45, 7) is 7.32. The van der Waals surface area contributed by atoms with E-state index in [0.29, 0.717) is 26.2 Å². The first-order chi connectivity index (χ1) is 19.1. The highest BCUT2D eigenvalue weighted by molar-refractivity contribution is 6.35. The first kappa shape index (κ1) is 26.4. The number of piperazine rings is 2. The molecule has 210 valence electrons.